The monoisotopic (exact) mass is 587 g/mol. The molecular formula is C43H29N3. The molecule has 1 heterocycles. The summed E-state index contributed by atoms with van der Waals surface area (Å²) in [6.45, 7) is 0. The van der Waals surface area contributed by atoms with E-state index >= 15 is 0 Å². The van der Waals surface area contributed by atoms with Gasteiger partial charge in [0.15, 0.2) is 17.5 Å². The zero-order valence-corrected chi connectivity index (χ0v) is 25.1. The number of benzene rings is 7. The molecule has 1 aromatic heterocycles. The summed E-state index contributed by atoms with van der Waals surface area (Å²) in [6, 6.07) is 61.0. The first-order valence-corrected chi connectivity index (χ1v) is 15.5. The van der Waals surface area contributed by atoms with Crippen LogP contribution in [0.15, 0.2) is 176 Å². The van der Waals surface area contributed by atoms with E-state index in [1.165, 1.54) is 16.3 Å². The van der Waals surface area contributed by atoms with Crippen molar-refractivity contribution in [2.24, 2.45) is 0 Å². The first-order valence-electron chi connectivity index (χ1n) is 15.5. The maximum atomic E-state index is 5.15. The van der Waals surface area contributed by atoms with Gasteiger partial charge in [0.05, 0.1) is 0 Å². The van der Waals surface area contributed by atoms with Gasteiger partial charge in [-0.1, -0.05) is 176 Å². The Bertz CT molecular complexity index is 2270. The van der Waals surface area contributed by atoms with Gasteiger partial charge in [0.1, 0.15) is 0 Å². The van der Waals surface area contributed by atoms with Gasteiger partial charge in [0.2, 0.25) is 0 Å². The quantitative estimate of drug-likeness (QED) is 0.194. The van der Waals surface area contributed by atoms with Crippen LogP contribution in [-0.2, 0) is 0 Å². The minimum Gasteiger partial charge on any atom is -0.208 e. The molecule has 3 nitrogen and oxygen atoms in total. The summed E-state index contributed by atoms with van der Waals surface area (Å²) < 4.78 is 0. The highest BCUT2D eigenvalue weighted by atomic mass is 15.0. The summed E-state index contributed by atoms with van der Waals surface area (Å²) in [5, 5.41) is 2.46. The third-order valence-electron chi connectivity index (χ3n) is 8.36. The lowest BCUT2D eigenvalue weighted by Gasteiger charge is -2.16. The second kappa shape index (κ2) is 12.1. The van der Waals surface area contributed by atoms with Gasteiger partial charge >= 0.3 is 0 Å². The highest BCUT2D eigenvalue weighted by Gasteiger charge is 2.19. The van der Waals surface area contributed by atoms with Crippen LogP contribution >= 0.6 is 0 Å². The molecule has 0 bridgehead atoms. The lowest BCUT2D eigenvalue weighted by molar-refractivity contribution is 1.07. The van der Waals surface area contributed by atoms with E-state index < -0.39 is 0 Å². The van der Waals surface area contributed by atoms with Crippen molar-refractivity contribution >= 4 is 10.8 Å². The Balaban J connectivity index is 1.31. The van der Waals surface area contributed by atoms with Crippen LogP contribution in [0.2, 0.25) is 0 Å². The summed E-state index contributed by atoms with van der Waals surface area (Å²) >= 11 is 0. The predicted molar refractivity (Wildman–Crippen MR) is 190 cm³/mol. The maximum absolute atomic E-state index is 5.15. The Morgan fingerprint density at radius 3 is 1.39 bits per heavy atom. The number of fused-ring (bicyclic) bond motifs is 1. The molecule has 0 N–H and O–H groups in total. The topological polar surface area (TPSA) is 38.7 Å². The van der Waals surface area contributed by atoms with Gasteiger partial charge in [-0.05, 0) is 38.6 Å². The minimum atomic E-state index is 0.637. The summed E-state index contributed by atoms with van der Waals surface area (Å²) in [5.74, 6) is 1.92. The van der Waals surface area contributed by atoms with Crippen molar-refractivity contribution < 1.29 is 0 Å². The molecule has 8 rings (SSSR count). The van der Waals surface area contributed by atoms with E-state index in [1.54, 1.807) is 0 Å². The van der Waals surface area contributed by atoms with Gasteiger partial charge in [0, 0.05) is 22.3 Å². The molecular weight excluding hydrogens is 558 g/mol. The Morgan fingerprint density at radius 2 is 0.696 bits per heavy atom. The molecule has 0 aliphatic rings. The molecule has 0 spiro atoms. The summed E-state index contributed by atoms with van der Waals surface area (Å²) in [5.41, 5.74) is 9.68. The lowest BCUT2D eigenvalue weighted by Crippen LogP contribution is -2.01. The van der Waals surface area contributed by atoms with E-state index in [1.807, 2.05) is 42.5 Å². The van der Waals surface area contributed by atoms with Crippen molar-refractivity contribution in [3.05, 3.63) is 176 Å². The minimum absolute atomic E-state index is 0.637. The highest BCUT2D eigenvalue weighted by Crippen LogP contribution is 2.40. The highest BCUT2D eigenvalue weighted by molar-refractivity contribution is 5.97. The number of rotatable bonds is 6. The molecule has 7 aromatic carbocycles. The van der Waals surface area contributed by atoms with E-state index in [4.69, 9.17) is 15.0 Å². The van der Waals surface area contributed by atoms with E-state index in [0.29, 0.717) is 17.5 Å². The molecule has 0 fully saturated rings. The normalized spacial score (nSPS) is 11.0. The molecule has 0 amide bonds. The summed E-state index contributed by atoms with van der Waals surface area (Å²) in [7, 11) is 0. The lowest BCUT2D eigenvalue weighted by atomic mass is 9.90. The van der Waals surface area contributed by atoms with Crippen molar-refractivity contribution in [1.29, 1.82) is 0 Å². The molecule has 8 aromatic rings. The van der Waals surface area contributed by atoms with Gasteiger partial charge in [-0.25, -0.2) is 15.0 Å². The van der Waals surface area contributed by atoms with Gasteiger partial charge in [-0.15, -0.1) is 0 Å². The largest absolute Gasteiger partial charge is 0.208 e. The molecule has 3 heteroatoms. The van der Waals surface area contributed by atoms with E-state index in [2.05, 4.69) is 133 Å². The Kier molecular flexibility index (Phi) is 7.18. The van der Waals surface area contributed by atoms with Crippen molar-refractivity contribution in [1.82, 2.24) is 15.0 Å². The molecule has 0 saturated carbocycles. The zero-order valence-electron chi connectivity index (χ0n) is 25.1. The molecule has 216 valence electrons. The van der Waals surface area contributed by atoms with Crippen LogP contribution < -0.4 is 0 Å². The number of aromatic nitrogens is 3. The SMILES string of the molecule is c1ccc(-c2nc(-c3ccc(-c4cccc5ccccc45)cc3)nc(-c3cccc(-c4ccccc4)c3-c3ccccc3)n2)cc1. The van der Waals surface area contributed by atoms with Crippen LogP contribution in [0, 0.1) is 0 Å². The Labute approximate surface area is 268 Å². The zero-order chi connectivity index (χ0) is 30.7. The van der Waals surface area contributed by atoms with E-state index in [0.717, 1.165) is 44.5 Å². The standard InChI is InChI=1S/C43H29N3/c1-4-14-31(15-5-1)38-24-13-25-39(40(38)33-17-6-2-7-18-33)43-45-41(34-19-8-3-9-20-34)44-42(46-43)35-28-26-32(27-29-35)37-23-12-21-30-16-10-11-22-36(30)37/h1-29H. The van der Waals surface area contributed by atoms with Crippen molar-refractivity contribution in [3.63, 3.8) is 0 Å². The van der Waals surface area contributed by atoms with Crippen LogP contribution in [0.1, 0.15) is 0 Å². The average molecular weight is 588 g/mol. The van der Waals surface area contributed by atoms with Gasteiger partial charge in [-0.2, -0.15) is 0 Å². The third kappa shape index (κ3) is 5.25. The Morgan fingerprint density at radius 1 is 0.261 bits per heavy atom. The molecule has 0 radical (unpaired) electrons. The molecule has 46 heavy (non-hydrogen) atoms. The Hall–Kier alpha value is -6.19. The number of nitrogens with zero attached hydrogens (tertiary/aromatic N) is 3. The van der Waals surface area contributed by atoms with Crippen LogP contribution in [0.3, 0.4) is 0 Å². The third-order valence-corrected chi connectivity index (χ3v) is 8.36. The van der Waals surface area contributed by atoms with Gasteiger partial charge in [0.25, 0.3) is 0 Å². The van der Waals surface area contributed by atoms with Crippen LogP contribution in [0.25, 0.3) is 78.3 Å². The van der Waals surface area contributed by atoms with Gasteiger partial charge < -0.3 is 0 Å². The van der Waals surface area contributed by atoms with Crippen LogP contribution in [-0.4, -0.2) is 15.0 Å². The van der Waals surface area contributed by atoms with Crippen molar-refractivity contribution in [2.75, 3.05) is 0 Å². The molecule has 0 atom stereocenters. The second-order valence-corrected chi connectivity index (χ2v) is 11.2. The first-order chi connectivity index (χ1) is 22.8. The molecule has 0 aliphatic heterocycles. The molecule has 0 saturated heterocycles. The van der Waals surface area contributed by atoms with Crippen molar-refractivity contribution in [3.8, 4) is 67.5 Å². The fraction of sp³-hybridized carbons (Fsp3) is 0. The van der Waals surface area contributed by atoms with E-state index in [9.17, 15) is 0 Å². The predicted octanol–water partition coefficient (Wildman–Crippen LogP) is 11.0. The fourth-order valence-corrected chi connectivity index (χ4v) is 6.13. The van der Waals surface area contributed by atoms with E-state index in [-0.39, 0.29) is 0 Å². The summed E-state index contributed by atoms with van der Waals surface area (Å²) in [4.78, 5) is 15.3. The number of hydrogen-bond acceptors (Lipinski definition) is 3. The smallest absolute Gasteiger partial charge is 0.164 e. The average Bonchev–Trinajstić information content (AvgIpc) is 3.15. The maximum Gasteiger partial charge on any atom is 0.164 e. The van der Waals surface area contributed by atoms with Crippen LogP contribution in [0.4, 0.5) is 0 Å². The van der Waals surface area contributed by atoms with Crippen molar-refractivity contribution in [2.45, 2.75) is 0 Å². The fourth-order valence-electron chi connectivity index (χ4n) is 6.13. The number of hydrogen-bond donors (Lipinski definition) is 0. The van der Waals surface area contributed by atoms with Gasteiger partial charge in [-0.3, -0.25) is 0 Å². The summed E-state index contributed by atoms with van der Waals surface area (Å²) in [6.07, 6.45) is 0. The first kappa shape index (κ1) is 27.4. The molecule has 0 unspecified atom stereocenters. The van der Waals surface area contributed by atoms with Crippen LogP contribution in [0.5, 0.6) is 0 Å². The molecule has 0 aliphatic carbocycles. The second-order valence-electron chi connectivity index (χ2n) is 11.2.